The molecule has 0 aliphatic rings. The van der Waals surface area contributed by atoms with Crippen LogP contribution in [0.4, 0.5) is 17.6 Å². The standard InChI is InChI=1S/C18H13ClN6O/c19-14-9-11(6-7-15(14)26)8-12(10-20)16-23-17(21)25-18(24-16)22-13-4-2-1-3-5-13/h1-9,26H,(H3,21,22,23,24,25)/b12-8-. The van der Waals surface area contributed by atoms with Gasteiger partial charge in [-0.2, -0.15) is 20.2 Å². The minimum absolute atomic E-state index is 0.0154. The number of rotatable bonds is 4. The first kappa shape index (κ1) is 17.2. The van der Waals surface area contributed by atoms with Gasteiger partial charge in [0.25, 0.3) is 0 Å². The molecule has 26 heavy (non-hydrogen) atoms. The number of nitrogens with one attached hydrogen (secondary N) is 1. The highest BCUT2D eigenvalue weighted by atomic mass is 35.5. The Balaban J connectivity index is 1.97. The second kappa shape index (κ2) is 7.51. The van der Waals surface area contributed by atoms with Crippen molar-refractivity contribution in [3.8, 4) is 11.8 Å². The largest absolute Gasteiger partial charge is 0.506 e. The summed E-state index contributed by atoms with van der Waals surface area (Å²) in [4.78, 5) is 12.3. The van der Waals surface area contributed by atoms with Gasteiger partial charge in [0, 0.05) is 5.69 Å². The molecule has 0 spiro atoms. The molecule has 1 aromatic heterocycles. The van der Waals surface area contributed by atoms with Crippen LogP contribution in [-0.4, -0.2) is 20.1 Å². The van der Waals surface area contributed by atoms with Crippen LogP contribution < -0.4 is 11.1 Å². The van der Waals surface area contributed by atoms with Gasteiger partial charge < -0.3 is 16.2 Å². The molecule has 2 aromatic carbocycles. The second-order valence-corrected chi connectivity index (χ2v) is 5.62. The van der Waals surface area contributed by atoms with E-state index in [0.29, 0.717) is 5.56 Å². The van der Waals surface area contributed by atoms with Crippen LogP contribution in [0.3, 0.4) is 0 Å². The average Bonchev–Trinajstić information content (AvgIpc) is 2.63. The van der Waals surface area contributed by atoms with Gasteiger partial charge >= 0.3 is 0 Å². The van der Waals surface area contributed by atoms with Crippen molar-refractivity contribution < 1.29 is 5.11 Å². The summed E-state index contributed by atoms with van der Waals surface area (Å²) in [5, 5.41) is 22.2. The molecule has 0 saturated heterocycles. The van der Waals surface area contributed by atoms with E-state index in [4.69, 9.17) is 17.3 Å². The van der Waals surface area contributed by atoms with E-state index >= 15 is 0 Å². The van der Waals surface area contributed by atoms with Gasteiger partial charge in [0.1, 0.15) is 11.8 Å². The lowest BCUT2D eigenvalue weighted by Gasteiger charge is -2.07. The van der Waals surface area contributed by atoms with Gasteiger partial charge in [-0.25, -0.2) is 0 Å². The SMILES string of the molecule is N#C/C(=C/c1ccc(O)c(Cl)c1)c1nc(N)nc(Nc2ccccc2)n1. The third kappa shape index (κ3) is 4.06. The van der Waals surface area contributed by atoms with Gasteiger partial charge in [-0.3, -0.25) is 0 Å². The topological polar surface area (TPSA) is 121 Å². The molecule has 0 unspecified atom stereocenters. The Bertz CT molecular complexity index is 1010. The van der Waals surface area contributed by atoms with Crippen LogP contribution in [0.2, 0.25) is 5.02 Å². The summed E-state index contributed by atoms with van der Waals surface area (Å²) in [6.07, 6.45) is 1.55. The molecule has 0 atom stereocenters. The molecule has 1 heterocycles. The summed E-state index contributed by atoms with van der Waals surface area (Å²) in [5.41, 5.74) is 7.31. The number of nitrogens with two attached hydrogens (primary N) is 1. The van der Waals surface area contributed by atoms with Crippen molar-refractivity contribution in [3.05, 3.63) is 64.9 Å². The zero-order valence-electron chi connectivity index (χ0n) is 13.4. The maximum atomic E-state index is 9.49. The van der Waals surface area contributed by atoms with E-state index in [1.54, 1.807) is 12.1 Å². The quantitative estimate of drug-likeness (QED) is 0.604. The Kier molecular flexibility index (Phi) is 4.97. The van der Waals surface area contributed by atoms with E-state index in [0.717, 1.165) is 5.69 Å². The number of anilines is 3. The molecular formula is C18H13ClN6O. The lowest BCUT2D eigenvalue weighted by atomic mass is 10.1. The summed E-state index contributed by atoms with van der Waals surface area (Å²) >= 11 is 5.89. The normalized spacial score (nSPS) is 11.0. The Morgan fingerprint density at radius 3 is 2.62 bits per heavy atom. The molecule has 3 aromatic rings. The van der Waals surface area contributed by atoms with Crippen molar-refractivity contribution in [3.63, 3.8) is 0 Å². The number of phenols is 1. The van der Waals surface area contributed by atoms with E-state index in [9.17, 15) is 10.4 Å². The molecule has 3 rings (SSSR count). The first-order valence-electron chi connectivity index (χ1n) is 7.49. The lowest BCUT2D eigenvalue weighted by Crippen LogP contribution is -2.06. The Morgan fingerprint density at radius 1 is 1.15 bits per heavy atom. The molecule has 0 amide bonds. The molecule has 0 radical (unpaired) electrons. The third-order valence-electron chi connectivity index (χ3n) is 3.33. The maximum Gasteiger partial charge on any atom is 0.232 e. The second-order valence-electron chi connectivity index (χ2n) is 5.21. The number of hydrogen-bond acceptors (Lipinski definition) is 7. The number of hydrogen-bond donors (Lipinski definition) is 3. The fraction of sp³-hybridized carbons (Fsp3) is 0. The van der Waals surface area contributed by atoms with Gasteiger partial charge in [-0.15, -0.1) is 0 Å². The number of phenolic OH excluding ortho intramolecular Hbond substituents is 1. The van der Waals surface area contributed by atoms with Crippen LogP contribution in [-0.2, 0) is 0 Å². The van der Waals surface area contributed by atoms with Crippen LogP contribution in [0.1, 0.15) is 11.4 Å². The molecular weight excluding hydrogens is 352 g/mol. The minimum atomic E-state index is -0.0407. The molecule has 0 aliphatic carbocycles. The van der Waals surface area contributed by atoms with Gasteiger partial charge in [0.2, 0.25) is 11.9 Å². The van der Waals surface area contributed by atoms with E-state index in [-0.39, 0.29) is 34.1 Å². The molecule has 4 N–H and O–H groups in total. The summed E-state index contributed by atoms with van der Waals surface area (Å²) in [6.45, 7) is 0. The maximum absolute atomic E-state index is 9.49. The predicted octanol–water partition coefficient (Wildman–Crippen LogP) is 3.62. The van der Waals surface area contributed by atoms with Crippen LogP contribution in [0.5, 0.6) is 5.75 Å². The summed E-state index contributed by atoms with van der Waals surface area (Å²) in [6, 6.07) is 15.9. The third-order valence-corrected chi connectivity index (χ3v) is 3.63. The first-order chi connectivity index (χ1) is 12.5. The lowest BCUT2D eigenvalue weighted by molar-refractivity contribution is 0.475. The number of benzene rings is 2. The highest BCUT2D eigenvalue weighted by Crippen LogP contribution is 2.26. The van der Waals surface area contributed by atoms with Gasteiger partial charge in [-0.1, -0.05) is 35.9 Å². The number of nitrogens with zero attached hydrogens (tertiary/aromatic N) is 4. The molecule has 0 saturated carbocycles. The van der Waals surface area contributed by atoms with Crippen molar-refractivity contribution in [1.82, 2.24) is 15.0 Å². The Hall–Kier alpha value is -3.63. The highest BCUT2D eigenvalue weighted by molar-refractivity contribution is 6.32. The number of aromatic hydroxyl groups is 1. The molecule has 7 nitrogen and oxygen atoms in total. The zero-order valence-corrected chi connectivity index (χ0v) is 14.1. The number of allylic oxidation sites excluding steroid dienone is 1. The monoisotopic (exact) mass is 364 g/mol. The molecule has 0 aliphatic heterocycles. The van der Waals surface area contributed by atoms with Gasteiger partial charge in [0.15, 0.2) is 5.82 Å². The molecule has 128 valence electrons. The highest BCUT2D eigenvalue weighted by Gasteiger charge is 2.10. The van der Waals surface area contributed by atoms with Crippen LogP contribution >= 0.6 is 11.6 Å². The number of aromatic nitrogens is 3. The van der Waals surface area contributed by atoms with Crippen molar-refractivity contribution in [2.45, 2.75) is 0 Å². The molecule has 0 bridgehead atoms. The van der Waals surface area contributed by atoms with Crippen molar-refractivity contribution >= 4 is 40.8 Å². The van der Waals surface area contributed by atoms with E-state index in [2.05, 4.69) is 20.3 Å². The Morgan fingerprint density at radius 2 is 1.92 bits per heavy atom. The number of halogens is 1. The van der Waals surface area contributed by atoms with Gasteiger partial charge in [0.05, 0.1) is 10.6 Å². The van der Waals surface area contributed by atoms with Crippen LogP contribution in [0.15, 0.2) is 48.5 Å². The predicted molar refractivity (Wildman–Crippen MR) is 101 cm³/mol. The van der Waals surface area contributed by atoms with Crippen LogP contribution in [0, 0.1) is 11.3 Å². The number of nitriles is 1. The fourth-order valence-electron chi connectivity index (χ4n) is 2.15. The Labute approximate surface area is 154 Å². The minimum Gasteiger partial charge on any atom is -0.506 e. The number of nitrogen functional groups attached to an aromatic ring is 1. The van der Waals surface area contributed by atoms with Crippen molar-refractivity contribution in [2.24, 2.45) is 0 Å². The van der Waals surface area contributed by atoms with Crippen LogP contribution in [0.25, 0.3) is 11.6 Å². The summed E-state index contributed by atoms with van der Waals surface area (Å²) < 4.78 is 0. The average molecular weight is 365 g/mol. The van der Waals surface area contributed by atoms with E-state index in [1.807, 2.05) is 36.4 Å². The molecule has 0 fully saturated rings. The van der Waals surface area contributed by atoms with Crippen molar-refractivity contribution in [1.29, 1.82) is 5.26 Å². The first-order valence-corrected chi connectivity index (χ1v) is 7.87. The smallest absolute Gasteiger partial charge is 0.232 e. The van der Waals surface area contributed by atoms with Gasteiger partial charge in [-0.05, 0) is 35.9 Å². The van der Waals surface area contributed by atoms with Crippen molar-refractivity contribution in [2.75, 3.05) is 11.1 Å². The summed E-state index contributed by atoms with van der Waals surface area (Å²) in [5.74, 6) is 0.297. The summed E-state index contributed by atoms with van der Waals surface area (Å²) in [7, 11) is 0. The van der Waals surface area contributed by atoms with E-state index < -0.39 is 0 Å². The van der Waals surface area contributed by atoms with E-state index in [1.165, 1.54) is 12.1 Å². The zero-order chi connectivity index (χ0) is 18.5. The number of para-hydroxylation sites is 1. The molecule has 8 heteroatoms. The fourth-order valence-corrected chi connectivity index (χ4v) is 2.33.